The van der Waals surface area contributed by atoms with E-state index in [9.17, 15) is 14.0 Å². The summed E-state index contributed by atoms with van der Waals surface area (Å²) >= 11 is 1.39. The Morgan fingerprint density at radius 3 is 2.72 bits per heavy atom. The summed E-state index contributed by atoms with van der Waals surface area (Å²) in [5.74, 6) is -0.419. The largest absolute Gasteiger partial charge is 0.467 e. The van der Waals surface area contributed by atoms with Gasteiger partial charge in [0.15, 0.2) is 5.17 Å². The number of furan rings is 1. The van der Waals surface area contributed by atoms with Crippen LogP contribution in [0.15, 0.2) is 74.4 Å². The average Bonchev–Trinajstić information content (AvgIpc) is 3.46. The fourth-order valence-corrected chi connectivity index (χ4v) is 4.64. The molecular weight excluding hydrogens is 433 g/mol. The number of benzene rings is 1. The number of nitrogens with zero attached hydrogens (tertiary/aromatic N) is 2. The predicted octanol–water partition coefficient (Wildman–Crippen LogP) is 4.26. The van der Waals surface area contributed by atoms with Gasteiger partial charge in [0.2, 0.25) is 5.91 Å². The van der Waals surface area contributed by atoms with Crippen LogP contribution in [0.4, 0.5) is 4.39 Å². The molecule has 0 aliphatic carbocycles. The smallest absolute Gasteiger partial charge is 0.338 e. The minimum atomic E-state index is -0.579. The first-order valence-corrected chi connectivity index (χ1v) is 11.0. The number of halogens is 1. The normalized spacial score (nSPS) is 17.6. The third kappa shape index (κ3) is 4.34. The molecule has 2 aliphatic rings. The SMILES string of the molecule is CCC1=C(C(=O)OC)C(c2ccc(F)cc2)N2C(CC(=O)NCc3ccco3)=CSC2=N1. The first kappa shape index (κ1) is 21.9. The lowest BCUT2D eigenvalue weighted by atomic mass is 9.93. The average molecular weight is 456 g/mol. The van der Waals surface area contributed by atoms with E-state index in [2.05, 4.69) is 10.3 Å². The molecule has 2 aliphatic heterocycles. The van der Waals surface area contributed by atoms with Crippen molar-refractivity contribution in [2.45, 2.75) is 32.4 Å². The van der Waals surface area contributed by atoms with Gasteiger partial charge in [-0.25, -0.2) is 14.2 Å². The number of amidine groups is 1. The lowest BCUT2D eigenvalue weighted by molar-refractivity contribution is -0.136. The van der Waals surface area contributed by atoms with Crippen LogP contribution < -0.4 is 5.32 Å². The number of allylic oxidation sites excluding steroid dienone is 1. The quantitative estimate of drug-likeness (QED) is 0.628. The molecule has 1 N–H and O–H groups in total. The van der Waals surface area contributed by atoms with Crippen molar-refractivity contribution in [3.8, 4) is 0 Å². The lowest BCUT2D eigenvalue weighted by Gasteiger charge is -2.36. The van der Waals surface area contributed by atoms with Gasteiger partial charge in [-0.2, -0.15) is 0 Å². The summed E-state index contributed by atoms with van der Waals surface area (Å²) in [5.41, 5.74) is 2.39. The van der Waals surface area contributed by atoms with Crippen molar-refractivity contribution < 1.29 is 23.1 Å². The molecule has 0 saturated carbocycles. The Bertz CT molecular complexity index is 1110. The number of carbonyl (C=O) groups is 2. The molecule has 1 unspecified atom stereocenters. The molecule has 0 saturated heterocycles. The van der Waals surface area contributed by atoms with Gasteiger partial charge >= 0.3 is 5.97 Å². The lowest BCUT2D eigenvalue weighted by Crippen LogP contribution is -2.38. The second kappa shape index (κ2) is 9.44. The van der Waals surface area contributed by atoms with Crippen LogP contribution in [0.5, 0.6) is 0 Å². The standard InChI is InChI=1S/C23H22FN3O4S/c1-3-18-20(22(29)30-2)21(14-6-8-15(24)9-7-14)27-16(13-32-23(27)26-18)11-19(28)25-12-17-5-4-10-31-17/h4-10,13,21H,3,11-12H2,1-2H3,(H,25,28). The van der Waals surface area contributed by atoms with E-state index in [1.54, 1.807) is 30.5 Å². The van der Waals surface area contributed by atoms with Crippen molar-refractivity contribution in [2.75, 3.05) is 7.11 Å². The van der Waals surface area contributed by atoms with Crippen LogP contribution in [0.1, 0.15) is 37.1 Å². The van der Waals surface area contributed by atoms with Crippen LogP contribution >= 0.6 is 11.8 Å². The number of hydrogen-bond donors (Lipinski definition) is 1. The van der Waals surface area contributed by atoms with Gasteiger partial charge in [0, 0.05) is 5.70 Å². The van der Waals surface area contributed by atoms with Gasteiger partial charge in [0.05, 0.1) is 43.7 Å². The first-order chi connectivity index (χ1) is 15.5. The van der Waals surface area contributed by atoms with Crippen molar-refractivity contribution in [2.24, 2.45) is 4.99 Å². The third-order valence-corrected chi connectivity index (χ3v) is 6.09. The number of rotatable bonds is 7. The molecule has 32 heavy (non-hydrogen) atoms. The zero-order valence-electron chi connectivity index (χ0n) is 17.6. The summed E-state index contributed by atoms with van der Waals surface area (Å²) in [6, 6.07) is 8.93. The summed E-state index contributed by atoms with van der Waals surface area (Å²) in [6.45, 7) is 2.19. The van der Waals surface area contributed by atoms with Gasteiger partial charge in [-0.15, -0.1) is 0 Å². The summed E-state index contributed by atoms with van der Waals surface area (Å²) < 4.78 is 23.9. The molecule has 1 aromatic heterocycles. The zero-order chi connectivity index (χ0) is 22.7. The number of nitrogens with one attached hydrogen (secondary N) is 1. The van der Waals surface area contributed by atoms with E-state index < -0.39 is 12.0 Å². The summed E-state index contributed by atoms with van der Waals surface area (Å²) in [7, 11) is 1.32. The highest BCUT2D eigenvalue weighted by Crippen LogP contribution is 2.45. The van der Waals surface area contributed by atoms with Crippen molar-refractivity contribution in [3.05, 3.63) is 82.2 Å². The van der Waals surface area contributed by atoms with Gasteiger partial charge in [-0.3, -0.25) is 4.79 Å². The second-order valence-corrected chi connectivity index (χ2v) is 8.02. The van der Waals surface area contributed by atoms with Crippen LogP contribution in [0.3, 0.4) is 0 Å². The van der Waals surface area contributed by atoms with Crippen molar-refractivity contribution in [1.82, 2.24) is 10.2 Å². The summed E-state index contributed by atoms with van der Waals surface area (Å²) in [5, 5.41) is 5.35. The maximum Gasteiger partial charge on any atom is 0.338 e. The summed E-state index contributed by atoms with van der Waals surface area (Å²) in [4.78, 5) is 31.9. The molecule has 0 fully saturated rings. The van der Waals surface area contributed by atoms with E-state index in [4.69, 9.17) is 9.15 Å². The van der Waals surface area contributed by atoms with Gasteiger partial charge in [0.25, 0.3) is 0 Å². The molecule has 0 spiro atoms. The fourth-order valence-electron chi connectivity index (χ4n) is 3.70. The Morgan fingerprint density at radius 1 is 1.28 bits per heavy atom. The van der Waals surface area contributed by atoms with Gasteiger partial charge in [0.1, 0.15) is 11.6 Å². The zero-order valence-corrected chi connectivity index (χ0v) is 18.4. The molecule has 1 aromatic carbocycles. The molecule has 7 nitrogen and oxygen atoms in total. The number of methoxy groups -OCH3 is 1. The number of aliphatic imine (C=N–C) groups is 1. The topological polar surface area (TPSA) is 84.1 Å². The molecule has 0 radical (unpaired) electrons. The Hall–Kier alpha value is -3.33. The molecule has 1 atom stereocenters. The predicted molar refractivity (Wildman–Crippen MR) is 119 cm³/mol. The highest BCUT2D eigenvalue weighted by atomic mass is 32.2. The number of fused-ring (bicyclic) bond motifs is 1. The van der Waals surface area contributed by atoms with Crippen LogP contribution in [-0.2, 0) is 20.9 Å². The molecule has 0 bridgehead atoms. The van der Waals surface area contributed by atoms with Crippen molar-refractivity contribution >= 4 is 28.8 Å². The highest BCUT2D eigenvalue weighted by Gasteiger charge is 2.41. The Morgan fingerprint density at radius 2 is 2.06 bits per heavy atom. The van der Waals surface area contributed by atoms with Crippen LogP contribution in [0.2, 0.25) is 0 Å². The van der Waals surface area contributed by atoms with Crippen molar-refractivity contribution in [3.63, 3.8) is 0 Å². The summed E-state index contributed by atoms with van der Waals surface area (Å²) in [6.07, 6.45) is 2.16. The number of amides is 1. The number of esters is 1. The van der Waals surface area contributed by atoms with Gasteiger partial charge in [-0.05, 0) is 41.7 Å². The fraction of sp³-hybridized carbons (Fsp3) is 0.261. The number of carbonyl (C=O) groups excluding carboxylic acids is 2. The molecule has 3 heterocycles. The van der Waals surface area contributed by atoms with E-state index in [1.165, 1.54) is 31.0 Å². The number of ether oxygens (including phenoxy) is 1. The van der Waals surface area contributed by atoms with E-state index in [1.807, 2.05) is 17.2 Å². The Balaban J connectivity index is 1.65. The van der Waals surface area contributed by atoms with E-state index in [0.717, 1.165) is 0 Å². The van der Waals surface area contributed by atoms with Crippen molar-refractivity contribution in [1.29, 1.82) is 0 Å². The second-order valence-electron chi connectivity index (χ2n) is 7.18. The van der Waals surface area contributed by atoms with Crippen LogP contribution in [-0.4, -0.2) is 29.1 Å². The van der Waals surface area contributed by atoms with Crippen LogP contribution in [0, 0.1) is 5.82 Å². The molecule has 9 heteroatoms. The molecule has 2 aromatic rings. The molecule has 1 amide bonds. The van der Waals surface area contributed by atoms with E-state index in [0.29, 0.717) is 39.9 Å². The minimum Gasteiger partial charge on any atom is -0.467 e. The Labute approximate surface area is 189 Å². The minimum absolute atomic E-state index is 0.0837. The monoisotopic (exact) mass is 455 g/mol. The van der Waals surface area contributed by atoms with Gasteiger partial charge < -0.3 is 19.4 Å². The third-order valence-electron chi connectivity index (χ3n) is 5.20. The molecule has 166 valence electrons. The van der Waals surface area contributed by atoms with E-state index in [-0.39, 0.29) is 24.7 Å². The first-order valence-electron chi connectivity index (χ1n) is 10.1. The van der Waals surface area contributed by atoms with Gasteiger partial charge in [-0.1, -0.05) is 30.8 Å². The number of hydrogen-bond acceptors (Lipinski definition) is 7. The maximum absolute atomic E-state index is 13.6. The Kier molecular flexibility index (Phi) is 6.45. The maximum atomic E-state index is 13.6. The highest BCUT2D eigenvalue weighted by molar-refractivity contribution is 8.16. The van der Waals surface area contributed by atoms with Crippen LogP contribution in [0.25, 0.3) is 0 Å². The molecular formula is C23H22FN3O4S. The van der Waals surface area contributed by atoms with E-state index >= 15 is 0 Å². The number of thioether (sulfide) groups is 1. The molecule has 4 rings (SSSR count).